The van der Waals surface area contributed by atoms with Gasteiger partial charge >= 0.3 is 0 Å². The third kappa shape index (κ3) is 2.48. The average Bonchev–Trinajstić information content (AvgIpc) is 3.10. The quantitative estimate of drug-likeness (QED) is 0.712. The Morgan fingerprint density at radius 1 is 0.920 bits per heavy atom. The van der Waals surface area contributed by atoms with Crippen LogP contribution in [0.2, 0.25) is 0 Å². The second-order valence-electron chi connectivity index (χ2n) is 6.25. The van der Waals surface area contributed by atoms with Gasteiger partial charge in [-0.25, -0.2) is 4.39 Å². The van der Waals surface area contributed by atoms with Crippen molar-refractivity contribution >= 4 is 11.6 Å². The largest absolute Gasteiger partial charge is 0.350 e. The van der Waals surface area contributed by atoms with Gasteiger partial charge < -0.3 is 14.4 Å². The molecule has 1 unspecified atom stereocenters. The molecule has 1 amide bonds. The minimum Gasteiger partial charge on any atom is -0.350 e. The zero-order valence-corrected chi connectivity index (χ0v) is 14.1. The molecule has 3 aromatic rings. The molecule has 0 bridgehead atoms. The van der Waals surface area contributed by atoms with Crippen LogP contribution in [0.5, 0.6) is 0 Å². The fourth-order valence-electron chi connectivity index (χ4n) is 3.44. The van der Waals surface area contributed by atoms with E-state index in [0.29, 0.717) is 5.56 Å². The van der Waals surface area contributed by atoms with Gasteiger partial charge in [-0.2, -0.15) is 0 Å². The first-order valence-corrected chi connectivity index (χ1v) is 8.09. The highest BCUT2D eigenvalue weighted by atomic mass is 19.1. The van der Waals surface area contributed by atoms with E-state index < -0.39 is 0 Å². The van der Waals surface area contributed by atoms with Crippen LogP contribution in [0.25, 0.3) is 5.69 Å². The molecule has 0 saturated heterocycles. The number of nitrogens with zero attached hydrogens (tertiary/aromatic N) is 3. The summed E-state index contributed by atoms with van der Waals surface area (Å²) >= 11 is 0. The van der Waals surface area contributed by atoms with Gasteiger partial charge in [-0.05, 0) is 42.5 Å². The van der Waals surface area contributed by atoms with Gasteiger partial charge in [0.05, 0.1) is 11.3 Å². The number of anilines is 1. The molecule has 4 rings (SSSR count). The molecule has 4 nitrogen and oxygen atoms in total. The molecule has 2 heterocycles. The highest BCUT2D eigenvalue weighted by Gasteiger charge is 2.34. The summed E-state index contributed by atoms with van der Waals surface area (Å²) < 4.78 is 15.1. The van der Waals surface area contributed by atoms with Gasteiger partial charge in [-0.1, -0.05) is 12.1 Å². The van der Waals surface area contributed by atoms with Crippen LogP contribution >= 0.6 is 0 Å². The normalized spacial score (nSPS) is 16.9. The Hall–Kier alpha value is -3.08. The smallest absolute Gasteiger partial charge is 0.257 e. The van der Waals surface area contributed by atoms with Gasteiger partial charge in [0.2, 0.25) is 0 Å². The number of halogens is 1. The van der Waals surface area contributed by atoms with E-state index in [1.54, 1.807) is 17.0 Å². The van der Waals surface area contributed by atoms with Crippen LogP contribution in [0, 0.1) is 5.82 Å². The highest BCUT2D eigenvalue weighted by molar-refractivity contribution is 6.01. The van der Waals surface area contributed by atoms with Crippen LogP contribution < -0.4 is 4.90 Å². The zero-order chi connectivity index (χ0) is 17.6. The Balaban J connectivity index is 1.73. The maximum atomic E-state index is 13.1. The summed E-state index contributed by atoms with van der Waals surface area (Å²) in [4.78, 5) is 16.6. The molecule has 0 fully saturated rings. The van der Waals surface area contributed by atoms with Crippen molar-refractivity contribution in [1.29, 1.82) is 0 Å². The summed E-state index contributed by atoms with van der Waals surface area (Å²) in [6.45, 7) is 0. The molecule has 1 aromatic heterocycles. The first kappa shape index (κ1) is 15.4. The summed E-state index contributed by atoms with van der Waals surface area (Å²) in [5.74, 6) is -0.252. The van der Waals surface area contributed by atoms with E-state index in [1.807, 2.05) is 61.4 Å². The monoisotopic (exact) mass is 335 g/mol. The van der Waals surface area contributed by atoms with Crippen LogP contribution in [-0.4, -0.2) is 29.5 Å². The molecule has 0 saturated carbocycles. The van der Waals surface area contributed by atoms with Crippen molar-refractivity contribution in [1.82, 2.24) is 9.47 Å². The van der Waals surface area contributed by atoms with Crippen LogP contribution in [0.1, 0.15) is 22.1 Å². The maximum absolute atomic E-state index is 13.1. The van der Waals surface area contributed by atoms with Crippen LogP contribution in [0.4, 0.5) is 10.1 Å². The zero-order valence-electron chi connectivity index (χ0n) is 14.1. The molecule has 1 aliphatic rings. The minimum absolute atomic E-state index is 0.00762. The number of hydrogen-bond acceptors (Lipinski definition) is 2. The number of carbonyl (C=O) groups is 1. The Kier molecular flexibility index (Phi) is 3.57. The lowest BCUT2D eigenvalue weighted by Gasteiger charge is -2.41. The second kappa shape index (κ2) is 5.77. The highest BCUT2D eigenvalue weighted by Crippen LogP contribution is 2.36. The molecule has 0 spiro atoms. The molecular formula is C20H18FN3O. The van der Waals surface area contributed by atoms with Gasteiger partial charge in [-0.15, -0.1) is 0 Å². The molecule has 25 heavy (non-hydrogen) atoms. The van der Waals surface area contributed by atoms with Crippen molar-refractivity contribution in [2.45, 2.75) is 6.17 Å². The third-order valence-corrected chi connectivity index (χ3v) is 4.71. The lowest BCUT2D eigenvalue weighted by atomic mass is 10.0. The molecule has 0 aliphatic carbocycles. The lowest BCUT2D eigenvalue weighted by Crippen LogP contribution is -2.45. The minimum atomic E-state index is -0.259. The van der Waals surface area contributed by atoms with E-state index >= 15 is 0 Å². The fourth-order valence-corrected chi connectivity index (χ4v) is 3.44. The predicted molar refractivity (Wildman–Crippen MR) is 95.4 cm³/mol. The van der Waals surface area contributed by atoms with Crippen LogP contribution in [0.15, 0.2) is 67.0 Å². The third-order valence-electron chi connectivity index (χ3n) is 4.71. The SMILES string of the molecule is CN1C(=O)c2ccccc2N(C)C1c1ccn(-c2ccc(F)cc2)c1. The maximum Gasteiger partial charge on any atom is 0.257 e. The molecular weight excluding hydrogens is 317 g/mol. The fraction of sp³-hybridized carbons (Fsp3) is 0.150. The van der Waals surface area contributed by atoms with E-state index in [4.69, 9.17) is 0 Å². The number of benzene rings is 2. The standard InChI is InChI=1S/C20H18FN3O/c1-22-18-6-4-3-5-17(18)20(25)23(2)19(22)14-11-12-24(13-14)16-9-7-15(21)8-10-16/h3-13,19H,1-2H3. The Morgan fingerprint density at radius 2 is 1.64 bits per heavy atom. The number of hydrogen-bond donors (Lipinski definition) is 0. The molecule has 2 aromatic carbocycles. The van der Waals surface area contributed by atoms with Gasteiger partial charge in [-0.3, -0.25) is 4.79 Å². The van der Waals surface area contributed by atoms with Crippen molar-refractivity contribution in [3.05, 3.63) is 83.9 Å². The average molecular weight is 335 g/mol. The number of amides is 1. The molecule has 1 aliphatic heterocycles. The van der Waals surface area contributed by atoms with Crippen molar-refractivity contribution in [3.8, 4) is 5.69 Å². The molecule has 1 atom stereocenters. The van der Waals surface area contributed by atoms with Crippen molar-refractivity contribution in [3.63, 3.8) is 0 Å². The van der Waals surface area contributed by atoms with E-state index in [1.165, 1.54) is 12.1 Å². The molecule has 0 radical (unpaired) electrons. The van der Waals surface area contributed by atoms with Crippen LogP contribution in [0.3, 0.4) is 0 Å². The van der Waals surface area contributed by atoms with Crippen molar-refractivity contribution in [2.24, 2.45) is 0 Å². The summed E-state index contributed by atoms with van der Waals surface area (Å²) in [6.07, 6.45) is 3.71. The predicted octanol–water partition coefficient (Wildman–Crippen LogP) is 3.84. The Morgan fingerprint density at radius 3 is 2.40 bits per heavy atom. The molecule has 5 heteroatoms. The second-order valence-corrected chi connectivity index (χ2v) is 6.25. The first-order chi connectivity index (χ1) is 12.1. The number of rotatable bonds is 2. The number of carbonyl (C=O) groups excluding carboxylic acids is 1. The summed E-state index contributed by atoms with van der Waals surface area (Å²) in [5, 5.41) is 0. The van der Waals surface area contributed by atoms with E-state index in [2.05, 4.69) is 4.90 Å². The molecule has 0 N–H and O–H groups in total. The molecule has 126 valence electrons. The summed E-state index contributed by atoms with van der Waals surface area (Å²) in [7, 11) is 3.80. The summed E-state index contributed by atoms with van der Waals surface area (Å²) in [6, 6.07) is 16.0. The van der Waals surface area contributed by atoms with Gasteiger partial charge in [0.15, 0.2) is 0 Å². The van der Waals surface area contributed by atoms with Crippen molar-refractivity contribution < 1.29 is 9.18 Å². The van der Waals surface area contributed by atoms with E-state index in [0.717, 1.165) is 16.9 Å². The number of fused-ring (bicyclic) bond motifs is 1. The Labute approximate surface area is 145 Å². The van der Waals surface area contributed by atoms with Gasteiger partial charge in [0.25, 0.3) is 5.91 Å². The van der Waals surface area contributed by atoms with E-state index in [9.17, 15) is 9.18 Å². The van der Waals surface area contributed by atoms with Gasteiger partial charge in [0, 0.05) is 37.7 Å². The number of para-hydroxylation sites is 1. The number of aromatic nitrogens is 1. The van der Waals surface area contributed by atoms with Gasteiger partial charge in [0.1, 0.15) is 12.0 Å². The van der Waals surface area contributed by atoms with E-state index in [-0.39, 0.29) is 17.9 Å². The summed E-state index contributed by atoms with van der Waals surface area (Å²) in [5.41, 5.74) is 3.50. The lowest BCUT2D eigenvalue weighted by molar-refractivity contribution is 0.0711. The Bertz CT molecular complexity index is 932. The first-order valence-electron chi connectivity index (χ1n) is 8.09. The topological polar surface area (TPSA) is 28.5 Å². The van der Waals surface area contributed by atoms with Crippen LogP contribution in [-0.2, 0) is 0 Å². The van der Waals surface area contributed by atoms with Crippen molar-refractivity contribution in [2.75, 3.05) is 19.0 Å².